The molecule has 0 radical (unpaired) electrons. The molecule has 1 aliphatic rings. The van der Waals surface area contributed by atoms with Crippen molar-refractivity contribution in [3.8, 4) is 22.6 Å². The zero-order chi connectivity index (χ0) is 15.8. The zero-order valence-electron chi connectivity index (χ0n) is 12.5. The largest absolute Gasteiger partial charge is 0.507 e. The molecular weight excluding hydrogens is 284 g/mol. The van der Waals surface area contributed by atoms with Crippen molar-refractivity contribution in [2.45, 2.75) is 6.42 Å². The van der Waals surface area contributed by atoms with Gasteiger partial charge in [0.1, 0.15) is 11.5 Å². The van der Waals surface area contributed by atoms with Gasteiger partial charge in [0.05, 0.1) is 0 Å². The van der Waals surface area contributed by atoms with E-state index in [-0.39, 0.29) is 11.5 Å². The normalized spacial score (nSPS) is 12.3. The van der Waals surface area contributed by atoms with Crippen molar-refractivity contribution in [3.05, 3.63) is 82.9 Å². The van der Waals surface area contributed by atoms with E-state index in [9.17, 15) is 10.2 Å². The van der Waals surface area contributed by atoms with Crippen LogP contribution in [0.25, 0.3) is 23.3 Å². The average Bonchev–Trinajstić information content (AvgIpc) is 2.95. The summed E-state index contributed by atoms with van der Waals surface area (Å²) in [6.07, 6.45) is 4.63. The monoisotopic (exact) mass is 300 g/mol. The van der Waals surface area contributed by atoms with Gasteiger partial charge >= 0.3 is 0 Å². The fraction of sp³-hybridized carbons (Fsp3) is 0.0476. The second kappa shape index (κ2) is 5.33. The third kappa shape index (κ3) is 2.29. The van der Waals surface area contributed by atoms with Gasteiger partial charge in [-0.1, -0.05) is 66.7 Å². The first-order chi connectivity index (χ1) is 11.2. The van der Waals surface area contributed by atoms with E-state index in [2.05, 4.69) is 6.07 Å². The standard InChI is InChI=1S/C21H16O2/c22-19-13-20(23)21-16-9-5-4-8-15(16)12-18(21)17(19)11-10-14-6-2-1-3-7-14/h1-11,13,22-23H,12H2. The fourth-order valence-electron chi connectivity index (χ4n) is 3.25. The van der Waals surface area contributed by atoms with E-state index in [0.29, 0.717) is 0 Å². The third-order valence-electron chi connectivity index (χ3n) is 4.33. The van der Waals surface area contributed by atoms with E-state index in [4.69, 9.17) is 0 Å². The maximum absolute atomic E-state index is 10.3. The highest BCUT2D eigenvalue weighted by Crippen LogP contribution is 2.47. The summed E-state index contributed by atoms with van der Waals surface area (Å²) in [6.45, 7) is 0. The molecule has 0 unspecified atom stereocenters. The Morgan fingerprint density at radius 3 is 2.35 bits per heavy atom. The zero-order valence-corrected chi connectivity index (χ0v) is 12.5. The van der Waals surface area contributed by atoms with Crippen LogP contribution in [0.1, 0.15) is 22.3 Å². The minimum absolute atomic E-state index is 0.112. The van der Waals surface area contributed by atoms with Gasteiger partial charge in [0.15, 0.2) is 0 Å². The molecule has 0 amide bonds. The van der Waals surface area contributed by atoms with Gasteiger partial charge in [0.25, 0.3) is 0 Å². The molecule has 2 nitrogen and oxygen atoms in total. The van der Waals surface area contributed by atoms with Crippen molar-refractivity contribution in [3.63, 3.8) is 0 Å². The Labute approximate surface area is 135 Å². The van der Waals surface area contributed by atoms with E-state index in [1.807, 2.05) is 60.7 Å². The third-order valence-corrected chi connectivity index (χ3v) is 4.33. The first-order valence-electron chi connectivity index (χ1n) is 7.63. The predicted octanol–water partition coefficient (Wildman–Crippen LogP) is 4.84. The van der Waals surface area contributed by atoms with Crippen LogP contribution in [-0.4, -0.2) is 10.2 Å². The number of hydrogen-bond donors (Lipinski definition) is 2. The number of aromatic hydroxyl groups is 2. The van der Waals surface area contributed by atoms with Gasteiger partial charge in [-0.05, 0) is 28.7 Å². The summed E-state index contributed by atoms with van der Waals surface area (Å²) < 4.78 is 0. The Hall–Kier alpha value is -3.00. The molecule has 0 saturated carbocycles. The summed E-state index contributed by atoms with van der Waals surface area (Å²) in [7, 11) is 0. The van der Waals surface area contributed by atoms with Gasteiger partial charge in [0, 0.05) is 17.2 Å². The lowest BCUT2D eigenvalue weighted by Gasteiger charge is -2.10. The molecule has 0 saturated heterocycles. The van der Waals surface area contributed by atoms with Crippen molar-refractivity contribution in [2.24, 2.45) is 0 Å². The van der Waals surface area contributed by atoms with Crippen LogP contribution < -0.4 is 0 Å². The Bertz CT molecular complexity index is 909. The molecule has 112 valence electrons. The van der Waals surface area contributed by atoms with Crippen molar-refractivity contribution < 1.29 is 10.2 Å². The molecule has 0 fully saturated rings. The van der Waals surface area contributed by atoms with Crippen molar-refractivity contribution in [1.29, 1.82) is 0 Å². The molecule has 4 rings (SSSR count). The molecule has 0 aliphatic heterocycles. The minimum atomic E-state index is 0.112. The van der Waals surface area contributed by atoms with Crippen LogP contribution in [0.2, 0.25) is 0 Å². The second-order valence-corrected chi connectivity index (χ2v) is 5.76. The summed E-state index contributed by atoms with van der Waals surface area (Å²) >= 11 is 0. The summed E-state index contributed by atoms with van der Waals surface area (Å²) in [5, 5.41) is 20.6. The Kier molecular flexibility index (Phi) is 3.16. The predicted molar refractivity (Wildman–Crippen MR) is 93.4 cm³/mol. The van der Waals surface area contributed by atoms with E-state index >= 15 is 0 Å². The second-order valence-electron chi connectivity index (χ2n) is 5.76. The molecule has 23 heavy (non-hydrogen) atoms. The first-order valence-corrected chi connectivity index (χ1v) is 7.63. The summed E-state index contributed by atoms with van der Waals surface area (Å²) in [5.74, 6) is 0.251. The number of hydrogen-bond acceptors (Lipinski definition) is 2. The maximum atomic E-state index is 10.3. The highest BCUT2D eigenvalue weighted by molar-refractivity contribution is 5.88. The quantitative estimate of drug-likeness (QED) is 0.520. The van der Waals surface area contributed by atoms with Crippen LogP contribution >= 0.6 is 0 Å². The average molecular weight is 300 g/mol. The molecule has 3 aromatic carbocycles. The molecule has 1 aliphatic carbocycles. The van der Waals surface area contributed by atoms with E-state index in [1.165, 1.54) is 11.6 Å². The van der Waals surface area contributed by atoms with E-state index in [1.54, 1.807) is 0 Å². The Morgan fingerprint density at radius 2 is 1.52 bits per heavy atom. The number of phenolic OH excluding ortho intramolecular Hbond substituents is 2. The highest BCUT2D eigenvalue weighted by atomic mass is 16.3. The maximum Gasteiger partial charge on any atom is 0.127 e. The SMILES string of the molecule is Oc1cc(O)c2c(c1C=Cc1ccccc1)Cc1ccccc1-2. The molecular formula is C21H16O2. The van der Waals surface area contributed by atoms with Gasteiger partial charge in [0.2, 0.25) is 0 Å². The van der Waals surface area contributed by atoms with Gasteiger partial charge in [-0.15, -0.1) is 0 Å². The van der Waals surface area contributed by atoms with Gasteiger partial charge in [-0.25, -0.2) is 0 Å². The van der Waals surface area contributed by atoms with Crippen molar-refractivity contribution >= 4 is 12.2 Å². The molecule has 0 atom stereocenters. The van der Waals surface area contributed by atoms with E-state index in [0.717, 1.165) is 34.2 Å². The number of benzene rings is 3. The molecule has 0 aromatic heterocycles. The molecule has 0 spiro atoms. The van der Waals surface area contributed by atoms with Crippen LogP contribution in [0, 0.1) is 0 Å². The molecule has 0 heterocycles. The Morgan fingerprint density at radius 1 is 0.783 bits per heavy atom. The van der Waals surface area contributed by atoms with Gasteiger partial charge in [-0.3, -0.25) is 0 Å². The molecule has 2 N–H and O–H groups in total. The molecule has 0 bridgehead atoms. The number of phenols is 2. The first kappa shape index (κ1) is 13.6. The van der Waals surface area contributed by atoms with Crippen molar-refractivity contribution in [2.75, 3.05) is 0 Å². The molecule has 3 aromatic rings. The van der Waals surface area contributed by atoms with E-state index < -0.39 is 0 Å². The summed E-state index contributed by atoms with van der Waals surface area (Å²) in [5.41, 5.74) is 5.90. The van der Waals surface area contributed by atoms with Crippen LogP contribution in [0.4, 0.5) is 0 Å². The lowest BCUT2D eigenvalue weighted by Crippen LogP contribution is -1.88. The fourth-order valence-corrected chi connectivity index (χ4v) is 3.25. The van der Waals surface area contributed by atoms with Crippen LogP contribution in [0.15, 0.2) is 60.7 Å². The summed E-state index contributed by atoms with van der Waals surface area (Å²) in [6, 6.07) is 19.5. The van der Waals surface area contributed by atoms with Gasteiger partial charge < -0.3 is 10.2 Å². The molecule has 2 heteroatoms. The topological polar surface area (TPSA) is 40.5 Å². The Balaban J connectivity index is 1.85. The lowest BCUT2D eigenvalue weighted by molar-refractivity contribution is 0.450. The minimum Gasteiger partial charge on any atom is -0.507 e. The van der Waals surface area contributed by atoms with Crippen LogP contribution in [0.5, 0.6) is 11.5 Å². The smallest absolute Gasteiger partial charge is 0.127 e. The lowest BCUT2D eigenvalue weighted by atomic mass is 9.98. The highest BCUT2D eigenvalue weighted by Gasteiger charge is 2.25. The van der Waals surface area contributed by atoms with Crippen LogP contribution in [0.3, 0.4) is 0 Å². The number of fused-ring (bicyclic) bond motifs is 3. The summed E-state index contributed by atoms with van der Waals surface area (Å²) in [4.78, 5) is 0. The van der Waals surface area contributed by atoms with Gasteiger partial charge in [-0.2, -0.15) is 0 Å². The van der Waals surface area contributed by atoms with Crippen LogP contribution in [-0.2, 0) is 6.42 Å². The number of rotatable bonds is 2. The van der Waals surface area contributed by atoms with Crippen molar-refractivity contribution in [1.82, 2.24) is 0 Å².